The summed E-state index contributed by atoms with van der Waals surface area (Å²) in [5, 5.41) is 3.82. The van der Waals surface area contributed by atoms with Gasteiger partial charge in [-0.05, 0) is 50.1 Å². The van der Waals surface area contributed by atoms with E-state index in [0.29, 0.717) is 42.7 Å². The Morgan fingerprint density at radius 3 is 2.77 bits per heavy atom. The summed E-state index contributed by atoms with van der Waals surface area (Å²) in [5.74, 6) is 1.67. The lowest BCUT2D eigenvalue weighted by molar-refractivity contribution is -0.125. The Hall–Kier alpha value is -3.40. The molecule has 2 aliphatic rings. The fourth-order valence-electron chi connectivity index (χ4n) is 4.52. The van der Waals surface area contributed by atoms with Crippen LogP contribution >= 0.6 is 0 Å². The van der Waals surface area contributed by atoms with Crippen LogP contribution in [0.25, 0.3) is 10.9 Å². The predicted octanol–water partition coefficient (Wildman–Crippen LogP) is 2.51. The van der Waals surface area contributed by atoms with Gasteiger partial charge in [-0.2, -0.15) is 0 Å². The van der Waals surface area contributed by atoms with E-state index in [1.807, 2.05) is 36.1 Å². The Morgan fingerprint density at radius 2 is 1.97 bits per heavy atom. The first-order valence-electron chi connectivity index (χ1n) is 11.7. The number of piperidine rings is 1. The van der Waals surface area contributed by atoms with E-state index in [1.165, 1.54) is 6.26 Å². The fraction of sp³-hybridized carbons (Fsp3) is 0.400. The van der Waals surface area contributed by atoms with Gasteiger partial charge in [0.15, 0.2) is 21.3 Å². The molecule has 1 N–H and O–H groups in total. The molecule has 9 nitrogen and oxygen atoms in total. The molecule has 3 heterocycles. The highest BCUT2D eigenvalue weighted by molar-refractivity contribution is 7.90. The monoisotopic (exact) mass is 496 g/mol. The van der Waals surface area contributed by atoms with Gasteiger partial charge in [-0.1, -0.05) is 12.1 Å². The number of amides is 1. The van der Waals surface area contributed by atoms with Gasteiger partial charge in [-0.3, -0.25) is 4.79 Å². The molecule has 1 amide bonds. The molecule has 0 radical (unpaired) electrons. The predicted molar refractivity (Wildman–Crippen MR) is 132 cm³/mol. The van der Waals surface area contributed by atoms with Crippen LogP contribution in [0.3, 0.4) is 0 Å². The quantitative estimate of drug-likeness (QED) is 0.574. The summed E-state index contributed by atoms with van der Waals surface area (Å²) in [6.45, 7) is 3.85. The number of fused-ring (bicyclic) bond motifs is 2. The van der Waals surface area contributed by atoms with Crippen LogP contribution in [-0.2, 0) is 14.6 Å². The Morgan fingerprint density at radius 1 is 1.17 bits per heavy atom. The molecule has 0 saturated carbocycles. The summed E-state index contributed by atoms with van der Waals surface area (Å²) >= 11 is 0. The summed E-state index contributed by atoms with van der Waals surface area (Å²) in [6, 6.07) is 12.4. The smallest absolute Gasteiger partial charge is 0.226 e. The van der Waals surface area contributed by atoms with Crippen molar-refractivity contribution in [1.29, 1.82) is 0 Å². The number of hydrogen-bond donors (Lipinski definition) is 1. The van der Waals surface area contributed by atoms with Crippen LogP contribution in [0.2, 0.25) is 0 Å². The van der Waals surface area contributed by atoms with Gasteiger partial charge < -0.3 is 19.7 Å². The van der Waals surface area contributed by atoms with Crippen LogP contribution in [0.5, 0.6) is 11.5 Å². The second-order valence-corrected chi connectivity index (χ2v) is 11.1. The van der Waals surface area contributed by atoms with Crippen molar-refractivity contribution in [3.8, 4) is 11.5 Å². The highest BCUT2D eigenvalue weighted by atomic mass is 32.2. The second-order valence-electron chi connectivity index (χ2n) is 9.09. The fourth-order valence-corrected chi connectivity index (χ4v) is 5.16. The van der Waals surface area contributed by atoms with Crippen LogP contribution in [0.1, 0.15) is 18.5 Å². The number of aryl methyl sites for hydroxylation is 1. The standard InChI is InChI=1S/C25H28N4O5S/c1-16-20-10-9-19(35(2,31)32)12-21(20)28-25(27-16)29-11-5-6-17(14-29)24(30)26-13-18-15-33-22-7-3-4-8-23(22)34-18/h3-4,7-10,12,17-18H,5-6,11,13-15H2,1-2H3,(H,26,30)/t17-,18+/m1/s1. The van der Waals surface area contributed by atoms with Crippen molar-refractivity contribution in [2.75, 3.05) is 37.4 Å². The number of para-hydroxylation sites is 2. The van der Waals surface area contributed by atoms with Crippen LogP contribution in [0.4, 0.5) is 5.95 Å². The van der Waals surface area contributed by atoms with Crippen molar-refractivity contribution in [1.82, 2.24) is 15.3 Å². The number of benzene rings is 2. The number of nitrogens with one attached hydrogen (secondary N) is 1. The van der Waals surface area contributed by atoms with Gasteiger partial charge in [-0.25, -0.2) is 18.4 Å². The maximum absolute atomic E-state index is 13.0. The minimum atomic E-state index is -3.34. The number of aromatic nitrogens is 2. The first-order chi connectivity index (χ1) is 16.8. The maximum Gasteiger partial charge on any atom is 0.226 e. The first-order valence-corrected chi connectivity index (χ1v) is 13.6. The van der Waals surface area contributed by atoms with E-state index in [0.717, 1.165) is 30.5 Å². The van der Waals surface area contributed by atoms with E-state index < -0.39 is 9.84 Å². The average molecular weight is 497 g/mol. The first kappa shape index (κ1) is 23.3. The lowest BCUT2D eigenvalue weighted by Gasteiger charge is -2.33. The highest BCUT2D eigenvalue weighted by Gasteiger charge is 2.29. The lowest BCUT2D eigenvalue weighted by atomic mass is 9.97. The van der Waals surface area contributed by atoms with Crippen molar-refractivity contribution in [3.05, 3.63) is 48.2 Å². The number of anilines is 1. The van der Waals surface area contributed by atoms with Gasteiger partial charge >= 0.3 is 0 Å². The third-order valence-corrected chi connectivity index (χ3v) is 7.53. The second kappa shape index (κ2) is 9.33. The minimum Gasteiger partial charge on any atom is -0.486 e. The third kappa shape index (κ3) is 5.02. The molecule has 0 aliphatic carbocycles. The number of hydrogen-bond acceptors (Lipinski definition) is 8. The number of sulfone groups is 1. The summed E-state index contributed by atoms with van der Waals surface area (Å²) in [5.41, 5.74) is 1.35. The summed E-state index contributed by atoms with van der Waals surface area (Å²) < 4.78 is 35.6. The molecule has 0 spiro atoms. The molecule has 5 rings (SSSR count). The van der Waals surface area contributed by atoms with Crippen molar-refractivity contribution in [3.63, 3.8) is 0 Å². The summed E-state index contributed by atoms with van der Waals surface area (Å²) in [7, 11) is -3.34. The highest BCUT2D eigenvalue weighted by Crippen LogP contribution is 2.31. The lowest BCUT2D eigenvalue weighted by Crippen LogP contribution is -2.47. The van der Waals surface area contributed by atoms with Gasteiger partial charge in [0.25, 0.3) is 0 Å². The maximum atomic E-state index is 13.0. The molecule has 10 heteroatoms. The number of carbonyl (C=O) groups is 1. The molecule has 2 aliphatic heterocycles. The Balaban J connectivity index is 1.26. The molecule has 184 valence electrons. The van der Waals surface area contributed by atoms with Gasteiger partial charge in [0.1, 0.15) is 12.7 Å². The van der Waals surface area contributed by atoms with E-state index in [1.54, 1.807) is 18.2 Å². The number of ether oxygens (including phenoxy) is 2. The van der Waals surface area contributed by atoms with Crippen molar-refractivity contribution in [2.45, 2.75) is 30.8 Å². The zero-order valence-electron chi connectivity index (χ0n) is 19.7. The van der Waals surface area contributed by atoms with Crippen LogP contribution < -0.4 is 19.7 Å². The van der Waals surface area contributed by atoms with Crippen molar-refractivity contribution in [2.24, 2.45) is 5.92 Å². The molecule has 0 unspecified atom stereocenters. The number of nitrogens with zero attached hydrogens (tertiary/aromatic N) is 3. The van der Waals surface area contributed by atoms with Gasteiger partial charge in [0.05, 0.1) is 28.6 Å². The minimum absolute atomic E-state index is 0.0333. The number of rotatable bonds is 5. The SMILES string of the molecule is Cc1nc(N2CCC[C@@H](C(=O)NC[C@H]3COc4ccccc4O3)C2)nc2cc(S(C)(=O)=O)ccc12. The molecule has 0 bridgehead atoms. The number of carbonyl (C=O) groups excluding carboxylic acids is 1. The molecule has 1 aromatic heterocycles. The van der Waals surface area contributed by atoms with Gasteiger partial charge in [0, 0.05) is 24.7 Å². The van der Waals surface area contributed by atoms with Crippen LogP contribution in [0.15, 0.2) is 47.4 Å². The molecule has 2 atom stereocenters. The van der Waals surface area contributed by atoms with E-state index in [4.69, 9.17) is 9.47 Å². The molecular weight excluding hydrogens is 468 g/mol. The van der Waals surface area contributed by atoms with E-state index in [2.05, 4.69) is 15.3 Å². The molecule has 35 heavy (non-hydrogen) atoms. The summed E-state index contributed by atoms with van der Waals surface area (Å²) in [6.07, 6.45) is 2.54. The Kier molecular flexibility index (Phi) is 6.22. The largest absolute Gasteiger partial charge is 0.486 e. The molecule has 1 fully saturated rings. The molecule has 3 aromatic rings. The van der Waals surface area contributed by atoms with Crippen LogP contribution in [-0.4, -0.2) is 62.9 Å². The van der Waals surface area contributed by atoms with Gasteiger partial charge in [-0.15, -0.1) is 0 Å². The third-order valence-electron chi connectivity index (χ3n) is 6.42. The molecule has 2 aromatic carbocycles. The van der Waals surface area contributed by atoms with Crippen molar-refractivity contribution < 1.29 is 22.7 Å². The molecule has 1 saturated heterocycles. The Bertz CT molecular complexity index is 1380. The van der Waals surface area contributed by atoms with E-state index in [-0.39, 0.29) is 22.8 Å². The van der Waals surface area contributed by atoms with Crippen LogP contribution in [0, 0.1) is 12.8 Å². The zero-order chi connectivity index (χ0) is 24.6. The zero-order valence-corrected chi connectivity index (χ0v) is 20.5. The van der Waals surface area contributed by atoms with E-state index in [9.17, 15) is 13.2 Å². The topological polar surface area (TPSA) is 111 Å². The normalized spacial score (nSPS) is 20.0. The Labute approximate surface area is 204 Å². The van der Waals surface area contributed by atoms with Gasteiger partial charge in [0.2, 0.25) is 11.9 Å². The van der Waals surface area contributed by atoms with Crippen molar-refractivity contribution >= 4 is 32.6 Å². The molecular formula is C25H28N4O5S. The average Bonchev–Trinajstić information content (AvgIpc) is 2.86. The summed E-state index contributed by atoms with van der Waals surface area (Å²) in [4.78, 5) is 24.5. The van der Waals surface area contributed by atoms with E-state index >= 15 is 0 Å².